The summed E-state index contributed by atoms with van der Waals surface area (Å²) in [7, 11) is -9.80. The summed E-state index contributed by atoms with van der Waals surface area (Å²) >= 11 is 0. The van der Waals surface area contributed by atoms with Gasteiger partial charge in [0.05, 0.1) is 26.4 Å². The van der Waals surface area contributed by atoms with E-state index < -0.39 is 97.5 Å². The highest BCUT2D eigenvalue weighted by Gasteiger charge is 2.30. The Morgan fingerprint density at radius 2 is 0.688 bits per heavy atom. The fraction of sp³-hybridized carbons (Fsp3) is 0.911. The van der Waals surface area contributed by atoms with Crippen LogP contribution in [0, 0.1) is 0 Å². The summed E-state index contributed by atoms with van der Waals surface area (Å²) in [6.07, 6.45) is 22.5. The maximum Gasteiger partial charge on any atom is 0.472 e. The van der Waals surface area contributed by atoms with Crippen LogP contribution >= 0.6 is 15.6 Å². The van der Waals surface area contributed by atoms with E-state index in [2.05, 4.69) is 20.8 Å². The molecule has 0 aliphatic rings. The molecule has 0 aliphatic heterocycles. The summed E-state index contributed by atoms with van der Waals surface area (Å²) in [5, 5.41) is 10.3. The molecule has 0 aliphatic carbocycles. The Morgan fingerprint density at radius 3 is 1.02 bits per heavy atom. The Labute approximate surface area is 384 Å². The van der Waals surface area contributed by atoms with Gasteiger partial charge in [-0.2, -0.15) is 0 Å². The van der Waals surface area contributed by atoms with Crippen molar-refractivity contribution in [2.75, 3.05) is 39.6 Å². The summed E-state index contributed by atoms with van der Waals surface area (Å²) in [4.78, 5) is 69.3. The summed E-state index contributed by atoms with van der Waals surface area (Å²) in [6, 6.07) is 0. The fourth-order valence-corrected chi connectivity index (χ4v) is 7.99. The zero-order chi connectivity index (χ0) is 47.7. The molecule has 17 nitrogen and oxygen atoms in total. The van der Waals surface area contributed by atoms with Gasteiger partial charge in [0.25, 0.3) is 0 Å². The molecular weight excluding hydrogens is 874 g/mol. The van der Waals surface area contributed by atoms with E-state index in [-0.39, 0.29) is 19.3 Å². The molecule has 0 bridgehead atoms. The Bertz CT molecular complexity index is 1290. The number of aliphatic hydroxyl groups excluding tert-OH is 1. The van der Waals surface area contributed by atoms with E-state index in [4.69, 9.17) is 37.0 Å². The van der Waals surface area contributed by atoms with Crippen LogP contribution in [0.5, 0.6) is 0 Å². The summed E-state index contributed by atoms with van der Waals surface area (Å²) in [6.45, 7) is 3.59. The molecule has 5 atom stereocenters. The number of unbranched alkanes of at least 4 members (excludes halogenated alkanes) is 22. The molecule has 0 radical (unpaired) electrons. The maximum atomic E-state index is 12.7. The van der Waals surface area contributed by atoms with Crippen LogP contribution in [0.2, 0.25) is 0 Å². The van der Waals surface area contributed by atoms with Crippen LogP contribution in [0.15, 0.2) is 0 Å². The molecule has 0 heterocycles. The number of phosphoric acid groups is 2. The lowest BCUT2D eigenvalue weighted by Crippen LogP contribution is -2.30. The third-order valence-electron chi connectivity index (χ3n) is 10.2. The van der Waals surface area contributed by atoms with Crippen LogP contribution in [0.4, 0.5) is 0 Å². The second-order valence-corrected chi connectivity index (χ2v) is 19.4. The number of carbonyl (C=O) groups is 4. The Kier molecular flexibility index (Phi) is 40.0. The van der Waals surface area contributed by atoms with Crippen molar-refractivity contribution in [3.05, 3.63) is 0 Å². The average molecular weight is 961 g/mol. The summed E-state index contributed by atoms with van der Waals surface area (Å²) < 4.78 is 65.8. The molecule has 64 heavy (non-hydrogen) atoms. The number of carbonyl (C=O) groups excluding carboxylic acids is 4. The van der Waals surface area contributed by atoms with E-state index in [1.54, 1.807) is 0 Å². The van der Waals surface area contributed by atoms with Crippen LogP contribution < -0.4 is 0 Å². The van der Waals surface area contributed by atoms with Gasteiger partial charge in [0, 0.05) is 26.2 Å². The van der Waals surface area contributed by atoms with Gasteiger partial charge in [-0.15, -0.1) is 0 Å². The van der Waals surface area contributed by atoms with Gasteiger partial charge in [0.2, 0.25) is 0 Å². The smallest absolute Gasteiger partial charge is 0.462 e. The lowest BCUT2D eigenvalue weighted by atomic mass is 10.0. The first-order valence-electron chi connectivity index (χ1n) is 24.2. The number of esters is 4. The van der Waals surface area contributed by atoms with Crippen LogP contribution in [0.3, 0.4) is 0 Å². The number of hydrogen-bond acceptors (Lipinski definition) is 15. The third-order valence-corrected chi connectivity index (χ3v) is 12.1. The molecule has 0 saturated carbocycles. The molecule has 0 fully saturated rings. The first kappa shape index (κ1) is 62.1. The number of hydrogen-bond donors (Lipinski definition) is 3. The Morgan fingerprint density at radius 1 is 0.406 bits per heavy atom. The van der Waals surface area contributed by atoms with Crippen LogP contribution in [0.25, 0.3) is 0 Å². The average Bonchev–Trinajstić information content (AvgIpc) is 3.25. The fourth-order valence-electron chi connectivity index (χ4n) is 6.41. The Hall–Kier alpha value is -1.94. The van der Waals surface area contributed by atoms with Gasteiger partial charge in [0.1, 0.15) is 19.3 Å². The lowest BCUT2D eigenvalue weighted by molar-refractivity contribution is -0.161. The van der Waals surface area contributed by atoms with Gasteiger partial charge in [-0.1, -0.05) is 162 Å². The van der Waals surface area contributed by atoms with Crippen molar-refractivity contribution in [2.24, 2.45) is 0 Å². The van der Waals surface area contributed by atoms with Gasteiger partial charge < -0.3 is 33.8 Å². The Balaban J connectivity index is 4.97. The zero-order valence-electron chi connectivity index (χ0n) is 39.7. The van der Waals surface area contributed by atoms with Crippen LogP contribution in [0.1, 0.15) is 207 Å². The lowest BCUT2D eigenvalue weighted by Gasteiger charge is -2.21. The molecule has 0 spiro atoms. The molecule has 0 aromatic heterocycles. The van der Waals surface area contributed by atoms with Crippen molar-refractivity contribution in [1.82, 2.24) is 0 Å². The second-order valence-electron chi connectivity index (χ2n) is 16.5. The highest BCUT2D eigenvalue weighted by molar-refractivity contribution is 7.47. The van der Waals surface area contributed by atoms with Gasteiger partial charge >= 0.3 is 39.5 Å². The predicted octanol–water partition coefficient (Wildman–Crippen LogP) is 10.5. The van der Waals surface area contributed by atoms with Crippen molar-refractivity contribution < 1.29 is 80.2 Å². The van der Waals surface area contributed by atoms with Crippen molar-refractivity contribution in [3.8, 4) is 0 Å². The molecule has 0 aromatic rings. The molecule has 2 unspecified atom stereocenters. The second kappa shape index (κ2) is 41.3. The van der Waals surface area contributed by atoms with Crippen molar-refractivity contribution >= 4 is 39.5 Å². The topological polar surface area (TPSA) is 237 Å². The predicted molar refractivity (Wildman–Crippen MR) is 243 cm³/mol. The third kappa shape index (κ3) is 41.5. The SMILES string of the molecule is CCCCCCCCCCCCCCC(=O)O[C@H](COC(=O)CCCCCCCCC)COP(=O)(O)OC[C@@H](O)COP(=O)(O)OC[C@@H](COC(C)=O)OC(=O)CCCCCCCC. The van der Waals surface area contributed by atoms with E-state index in [1.807, 2.05) is 0 Å². The molecule has 0 aromatic carbocycles. The summed E-state index contributed by atoms with van der Waals surface area (Å²) in [5.41, 5.74) is 0. The normalized spacial score (nSPS) is 14.8. The molecule has 0 rings (SSSR count). The quantitative estimate of drug-likeness (QED) is 0.0222. The van der Waals surface area contributed by atoms with Gasteiger partial charge in [0.15, 0.2) is 12.2 Å². The minimum atomic E-state index is -4.91. The molecule has 0 saturated heterocycles. The standard InChI is InChI=1S/C45H86O17P2/c1-5-8-11-14-17-18-19-20-21-23-26-29-32-45(50)62-42(36-56-43(48)30-27-25-22-15-12-9-6-2)38-60-64(53,54)58-34-40(47)33-57-63(51,52)59-37-41(35-55-39(4)46)61-44(49)31-28-24-16-13-10-7-3/h40-42,47H,5-38H2,1-4H3,(H,51,52)(H,53,54)/t40-,41+,42+/m0/s1. The number of ether oxygens (including phenoxy) is 4. The maximum absolute atomic E-state index is 12.7. The van der Waals surface area contributed by atoms with Gasteiger partial charge in [-0.3, -0.25) is 37.3 Å². The van der Waals surface area contributed by atoms with Gasteiger partial charge in [-0.25, -0.2) is 9.13 Å². The first-order valence-corrected chi connectivity index (χ1v) is 27.2. The van der Waals surface area contributed by atoms with Crippen LogP contribution in [-0.2, 0) is 65.4 Å². The zero-order valence-corrected chi connectivity index (χ0v) is 41.5. The minimum absolute atomic E-state index is 0.0960. The van der Waals surface area contributed by atoms with Gasteiger partial charge in [-0.05, 0) is 19.3 Å². The van der Waals surface area contributed by atoms with E-state index in [9.17, 15) is 43.2 Å². The van der Waals surface area contributed by atoms with E-state index in [1.165, 1.54) is 51.4 Å². The highest BCUT2D eigenvalue weighted by Crippen LogP contribution is 2.45. The summed E-state index contributed by atoms with van der Waals surface area (Å²) in [5.74, 6) is -2.36. The number of aliphatic hydroxyl groups is 1. The van der Waals surface area contributed by atoms with Crippen molar-refractivity contribution in [3.63, 3.8) is 0 Å². The largest absolute Gasteiger partial charge is 0.472 e. The molecular formula is C45H86O17P2. The van der Waals surface area contributed by atoms with E-state index >= 15 is 0 Å². The highest BCUT2D eigenvalue weighted by atomic mass is 31.2. The van der Waals surface area contributed by atoms with Crippen LogP contribution in [-0.4, -0.2) is 96.7 Å². The van der Waals surface area contributed by atoms with E-state index in [0.29, 0.717) is 19.3 Å². The van der Waals surface area contributed by atoms with Crippen molar-refractivity contribution in [2.45, 2.75) is 226 Å². The number of phosphoric ester groups is 2. The monoisotopic (exact) mass is 961 g/mol. The van der Waals surface area contributed by atoms with E-state index in [0.717, 1.165) is 96.8 Å². The number of rotatable bonds is 46. The molecule has 378 valence electrons. The first-order chi connectivity index (χ1) is 30.6. The minimum Gasteiger partial charge on any atom is -0.462 e. The van der Waals surface area contributed by atoms with Crippen molar-refractivity contribution in [1.29, 1.82) is 0 Å². The molecule has 0 amide bonds. The molecule has 3 N–H and O–H groups in total. The molecule has 19 heteroatoms.